The number of pyridine rings is 1. The predicted molar refractivity (Wildman–Crippen MR) is 70.6 cm³/mol. The summed E-state index contributed by atoms with van der Waals surface area (Å²) in [5.74, 6) is -0.988. The lowest BCUT2D eigenvalue weighted by Gasteiger charge is -2.04. The molecule has 0 radical (unpaired) electrons. The number of phenolic OH excluding ortho intramolecular Hbond substituents is 1. The Balaban J connectivity index is 1.76. The number of nitrogens with one attached hydrogen (secondary N) is 1. The molecular weight excluding hydrogens is 245 g/mol. The monoisotopic (exact) mass is 257 g/mol. The standard InChI is InChI=1S/C14H12FN3O/c15-12-7-10(4-5-13(12)19)16-8-11-9-18-6-2-1-3-14(18)17-11/h1-7,9,16,19H,8H2. The zero-order valence-electron chi connectivity index (χ0n) is 10.0. The van der Waals surface area contributed by atoms with Crippen molar-refractivity contribution in [3.05, 3.63) is 60.3 Å². The number of halogens is 1. The predicted octanol–water partition coefficient (Wildman–Crippen LogP) is 2.79. The van der Waals surface area contributed by atoms with E-state index in [1.807, 2.05) is 35.0 Å². The average molecular weight is 257 g/mol. The largest absolute Gasteiger partial charge is 0.505 e. The van der Waals surface area contributed by atoms with E-state index < -0.39 is 5.82 Å². The molecule has 0 saturated carbocycles. The summed E-state index contributed by atoms with van der Waals surface area (Å²) in [6.45, 7) is 0.492. The van der Waals surface area contributed by atoms with Crippen LogP contribution in [-0.4, -0.2) is 14.5 Å². The van der Waals surface area contributed by atoms with Gasteiger partial charge in [0.25, 0.3) is 0 Å². The number of hydrogen-bond acceptors (Lipinski definition) is 3. The van der Waals surface area contributed by atoms with Crippen LogP contribution < -0.4 is 5.32 Å². The minimum absolute atomic E-state index is 0.349. The van der Waals surface area contributed by atoms with E-state index in [0.29, 0.717) is 12.2 Å². The molecule has 2 aromatic heterocycles. The fourth-order valence-electron chi connectivity index (χ4n) is 1.88. The molecule has 0 aliphatic heterocycles. The fourth-order valence-corrected chi connectivity index (χ4v) is 1.88. The van der Waals surface area contributed by atoms with E-state index in [1.54, 1.807) is 6.07 Å². The van der Waals surface area contributed by atoms with Gasteiger partial charge in [0.1, 0.15) is 5.65 Å². The third-order valence-electron chi connectivity index (χ3n) is 2.84. The van der Waals surface area contributed by atoms with Crippen molar-refractivity contribution >= 4 is 11.3 Å². The van der Waals surface area contributed by atoms with Gasteiger partial charge < -0.3 is 14.8 Å². The van der Waals surface area contributed by atoms with Crippen LogP contribution in [0.5, 0.6) is 5.75 Å². The third-order valence-corrected chi connectivity index (χ3v) is 2.84. The van der Waals surface area contributed by atoms with Gasteiger partial charge >= 0.3 is 0 Å². The van der Waals surface area contributed by atoms with E-state index in [9.17, 15) is 4.39 Å². The first-order valence-corrected chi connectivity index (χ1v) is 5.87. The molecule has 0 atom stereocenters. The molecule has 96 valence electrons. The quantitative estimate of drug-likeness (QED) is 0.709. The number of fused-ring (bicyclic) bond motifs is 1. The molecule has 2 N–H and O–H groups in total. The van der Waals surface area contributed by atoms with Crippen molar-refractivity contribution < 1.29 is 9.50 Å². The topological polar surface area (TPSA) is 49.6 Å². The summed E-state index contributed by atoms with van der Waals surface area (Å²) in [6, 6.07) is 9.97. The van der Waals surface area contributed by atoms with Crippen molar-refractivity contribution in [2.45, 2.75) is 6.54 Å². The molecule has 0 saturated heterocycles. The molecule has 0 unspecified atom stereocenters. The molecule has 0 fully saturated rings. The van der Waals surface area contributed by atoms with Crippen LogP contribution in [0.1, 0.15) is 5.69 Å². The maximum Gasteiger partial charge on any atom is 0.166 e. The molecule has 4 nitrogen and oxygen atoms in total. The number of nitrogens with zero attached hydrogens (tertiary/aromatic N) is 2. The van der Waals surface area contributed by atoms with Gasteiger partial charge in [0, 0.05) is 24.1 Å². The van der Waals surface area contributed by atoms with Gasteiger partial charge in [-0.15, -0.1) is 0 Å². The molecule has 1 aromatic carbocycles. The Morgan fingerprint density at radius 1 is 1.26 bits per heavy atom. The molecule has 19 heavy (non-hydrogen) atoms. The van der Waals surface area contributed by atoms with E-state index >= 15 is 0 Å². The molecule has 5 heteroatoms. The smallest absolute Gasteiger partial charge is 0.166 e. The Morgan fingerprint density at radius 2 is 2.16 bits per heavy atom. The van der Waals surface area contributed by atoms with E-state index in [1.165, 1.54) is 12.1 Å². The number of anilines is 1. The van der Waals surface area contributed by atoms with Crippen LogP contribution >= 0.6 is 0 Å². The van der Waals surface area contributed by atoms with Gasteiger partial charge in [-0.25, -0.2) is 9.37 Å². The van der Waals surface area contributed by atoms with Crippen molar-refractivity contribution in [2.75, 3.05) is 5.32 Å². The summed E-state index contributed by atoms with van der Waals surface area (Å²) in [5, 5.41) is 12.2. The highest BCUT2D eigenvalue weighted by Crippen LogP contribution is 2.19. The normalized spacial score (nSPS) is 10.8. The zero-order chi connectivity index (χ0) is 13.2. The fraction of sp³-hybridized carbons (Fsp3) is 0.0714. The Bertz CT molecular complexity index is 691. The van der Waals surface area contributed by atoms with Crippen molar-refractivity contribution in [1.29, 1.82) is 0 Å². The van der Waals surface area contributed by atoms with Crippen LogP contribution in [0.2, 0.25) is 0 Å². The first-order chi connectivity index (χ1) is 9.22. The Morgan fingerprint density at radius 3 is 2.95 bits per heavy atom. The van der Waals surface area contributed by atoms with Crippen molar-refractivity contribution in [3.63, 3.8) is 0 Å². The lowest BCUT2D eigenvalue weighted by Crippen LogP contribution is -1.99. The lowest BCUT2D eigenvalue weighted by atomic mass is 10.3. The lowest BCUT2D eigenvalue weighted by molar-refractivity contribution is 0.432. The number of hydrogen-bond donors (Lipinski definition) is 2. The Hall–Kier alpha value is -2.56. The number of aromatic nitrogens is 2. The van der Waals surface area contributed by atoms with Crippen molar-refractivity contribution in [1.82, 2.24) is 9.38 Å². The summed E-state index contributed by atoms with van der Waals surface area (Å²) >= 11 is 0. The first kappa shape index (κ1) is 11.5. The molecule has 2 heterocycles. The second-order valence-corrected chi connectivity index (χ2v) is 4.22. The molecule has 0 aliphatic rings. The number of benzene rings is 1. The summed E-state index contributed by atoms with van der Waals surface area (Å²) < 4.78 is 15.1. The molecule has 0 bridgehead atoms. The third kappa shape index (κ3) is 2.35. The average Bonchev–Trinajstić information content (AvgIpc) is 2.83. The molecule has 0 spiro atoms. The van der Waals surface area contributed by atoms with Gasteiger partial charge in [0.2, 0.25) is 0 Å². The van der Waals surface area contributed by atoms with Crippen LogP contribution in [0.15, 0.2) is 48.8 Å². The van der Waals surface area contributed by atoms with E-state index in [0.717, 1.165) is 11.3 Å². The summed E-state index contributed by atoms with van der Waals surface area (Å²) in [4.78, 5) is 4.43. The maximum atomic E-state index is 13.2. The Labute approximate surface area is 109 Å². The van der Waals surface area contributed by atoms with E-state index in [2.05, 4.69) is 10.3 Å². The molecule has 3 aromatic rings. The number of imidazole rings is 1. The number of phenols is 1. The highest BCUT2D eigenvalue weighted by Gasteiger charge is 2.03. The van der Waals surface area contributed by atoms with Crippen LogP contribution in [0.4, 0.5) is 10.1 Å². The van der Waals surface area contributed by atoms with Crippen LogP contribution in [0.3, 0.4) is 0 Å². The van der Waals surface area contributed by atoms with Gasteiger partial charge in [0.15, 0.2) is 11.6 Å². The van der Waals surface area contributed by atoms with Gasteiger partial charge in [0.05, 0.1) is 12.2 Å². The highest BCUT2D eigenvalue weighted by atomic mass is 19.1. The van der Waals surface area contributed by atoms with Gasteiger partial charge in [-0.05, 0) is 24.3 Å². The molecule has 3 rings (SSSR count). The molecular formula is C14H12FN3O. The molecule has 0 aliphatic carbocycles. The SMILES string of the molecule is Oc1ccc(NCc2cn3ccccc3n2)cc1F. The van der Waals surface area contributed by atoms with Crippen LogP contribution in [0.25, 0.3) is 5.65 Å². The summed E-state index contributed by atoms with van der Waals surface area (Å²) in [6.07, 6.45) is 3.84. The van der Waals surface area contributed by atoms with Crippen molar-refractivity contribution in [3.8, 4) is 5.75 Å². The van der Waals surface area contributed by atoms with Crippen LogP contribution in [0, 0.1) is 5.82 Å². The van der Waals surface area contributed by atoms with Gasteiger partial charge in [-0.3, -0.25) is 0 Å². The minimum Gasteiger partial charge on any atom is -0.505 e. The highest BCUT2D eigenvalue weighted by molar-refractivity contribution is 5.47. The van der Waals surface area contributed by atoms with E-state index in [-0.39, 0.29) is 5.75 Å². The summed E-state index contributed by atoms with van der Waals surface area (Å²) in [7, 11) is 0. The van der Waals surface area contributed by atoms with E-state index in [4.69, 9.17) is 5.11 Å². The second-order valence-electron chi connectivity index (χ2n) is 4.22. The molecule has 0 amide bonds. The number of aromatic hydroxyl groups is 1. The van der Waals surface area contributed by atoms with Gasteiger partial charge in [-0.2, -0.15) is 0 Å². The van der Waals surface area contributed by atoms with Crippen LogP contribution in [-0.2, 0) is 6.54 Å². The Kier molecular flexibility index (Phi) is 2.79. The van der Waals surface area contributed by atoms with Crippen molar-refractivity contribution in [2.24, 2.45) is 0 Å². The zero-order valence-corrected chi connectivity index (χ0v) is 10.0. The second kappa shape index (κ2) is 4.61. The first-order valence-electron chi connectivity index (χ1n) is 5.87. The van der Waals surface area contributed by atoms with Gasteiger partial charge in [-0.1, -0.05) is 6.07 Å². The maximum absolute atomic E-state index is 13.2. The minimum atomic E-state index is -0.639. The number of rotatable bonds is 3. The summed E-state index contributed by atoms with van der Waals surface area (Å²) in [5.41, 5.74) is 2.34.